The smallest absolute Gasteiger partial charge is 0.492 e. The van der Waals surface area contributed by atoms with Gasteiger partial charge >= 0.3 is 7.12 Å². The molecular formula is C10H11BO3. The Bertz CT molecular complexity index is 362. The molecule has 0 fully saturated rings. The average Bonchev–Trinajstić information content (AvgIpc) is 2.58. The monoisotopic (exact) mass is 190 g/mol. The number of hydrogen-bond donors (Lipinski definition) is 1. The van der Waals surface area contributed by atoms with E-state index < -0.39 is 7.12 Å². The summed E-state index contributed by atoms with van der Waals surface area (Å²) in [6, 6.07) is 5.82. The minimum atomic E-state index is -0.803. The van der Waals surface area contributed by atoms with E-state index >= 15 is 0 Å². The molecule has 0 amide bonds. The van der Waals surface area contributed by atoms with E-state index in [9.17, 15) is 5.02 Å². The molecule has 1 heterocycles. The zero-order valence-electron chi connectivity index (χ0n) is 7.93. The molecule has 14 heavy (non-hydrogen) atoms. The molecular weight excluding hydrogens is 179 g/mol. The van der Waals surface area contributed by atoms with Crippen molar-refractivity contribution >= 4 is 18.7 Å². The summed E-state index contributed by atoms with van der Waals surface area (Å²) in [6.45, 7) is 0.477. The van der Waals surface area contributed by atoms with Crippen molar-refractivity contribution < 1.29 is 14.4 Å². The van der Waals surface area contributed by atoms with Crippen molar-refractivity contribution in [2.24, 2.45) is 0 Å². The second-order valence-corrected chi connectivity index (χ2v) is 3.12. The van der Waals surface area contributed by atoms with Crippen molar-refractivity contribution in [1.82, 2.24) is 0 Å². The van der Waals surface area contributed by atoms with E-state index in [-0.39, 0.29) is 0 Å². The number of fused-ring (bicyclic) bond motifs is 1. The van der Waals surface area contributed by atoms with Crippen LogP contribution in [0.15, 0.2) is 24.5 Å². The third kappa shape index (κ3) is 1.54. The van der Waals surface area contributed by atoms with Gasteiger partial charge in [-0.1, -0.05) is 18.2 Å². The summed E-state index contributed by atoms with van der Waals surface area (Å²) in [5, 5.41) is 9.56. The van der Waals surface area contributed by atoms with Gasteiger partial charge in [0.25, 0.3) is 0 Å². The zero-order chi connectivity index (χ0) is 9.97. The Hall–Kier alpha value is -1.26. The Labute approximate surface area is 83.1 Å². The lowest BCUT2D eigenvalue weighted by molar-refractivity contribution is 0.275. The minimum Gasteiger partial charge on any atom is -0.504 e. The highest BCUT2D eigenvalue weighted by atomic mass is 16.5. The molecule has 0 saturated heterocycles. The van der Waals surface area contributed by atoms with Gasteiger partial charge in [0, 0.05) is 0 Å². The summed E-state index contributed by atoms with van der Waals surface area (Å²) in [7, 11) is 0.787. The molecule has 0 spiro atoms. The van der Waals surface area contributed by atoms with Crippen LogP contribution in [0.5, 0.6) is 0 Å². The van der Waals surface area contributed by atoms with Gasteiger partial charge in [-0.25, -0.2) is 0 Å². The fourth-order valence-corrected chi connectivity index (χ4v) is 1.60. The maximum absolute atomic E-state index is 9.56. The molecule has 2 rings (SSSR count). The van der Waals surface area contributed by atoms with Crippen LogP contribution in [0.4, 0.5) is 0 Å². The van der Waals surface area contributed by atoms with Crippen LogP contribution < -0.4 is 5.46 Å². The summed E-state index contributed by atoms with van der Waals surface area (Å²) in [4.78, 5) is 0. The molecule has 0 saturated carbocycles. The van der Waals surface area contributed by atoms with E-state index in [2.05, 4.69) is 0 Å². The fraction of sp³-hybridized carbons (Fsp3) is 0.200. The van der Waals surface area contributed by atoms with E-state index in [1.165, 1.54) is 0 Å². The van der Waals surface area contributed by atoms with Crippen molar-refractivity contribution in [2.75, 3.05) is 7.11 Å². The average molecular weight is 190 g/mol. The highest BCUT2D eigenvalue weighted by molar-refractivity contribution is 6.62. The fourth-order valence-electron chi connectivity index (χ4n) is 1.60. The van der Waals surface area contributed by atoms with Crippen LogP contribution in [-0.2, 0) is 16.0 Å². The Morgan fingerprint density at radius 2 is 2.43 bits per heavy atom. The summed E-state index contributed by atoms with van der Waals surface area (Å²) in [5.41, 5.74) is 2.82. The predicted octanol–water partition coefficient (Wildman–Crippen LogP) is 0.521. The first-order valence-electron chi connectivity index (χ1n) is 4.43. The lowest BCUT2D eigenvalue weighted by Crippen LogP contribution is -2.30. The molecule has 0 aromatic heterocycles. The van der Waals surface area contributed by atoms with Crippen LogP contribution in [0.3, 0.4) is 0 Å². The highest BCUT2D eigenvalue weighted by Crippen LogP contribution is 2.13. The van der Waals surface area contributed by atoms with Gasteiger partial charge in [-0.15, -0.1) is 0 Å². The maximum Gasteiger partial charge on any atom is 0.492 e. The molecule has 1 aromatic rings. The Morgan fingerprint density at radius 3 is 3.21 bits per heavy atom. The number of benzene rings is 1. The highest BCUT2D eigenvalue weighted by Gasteiger charge is 2.28. The Morgan fingerprint density at radius 1 is 1.57 bits per heavy atom. The number of ether oxygens (including phenoxy) is 1. The summed E-state index contributed by atoms with van der Waals surface area (Å²) in [6.07, 6.45) is 3.40. The molecule has 3 nitrogen and oxygen atoms in total. The zero-order valence-corrected chi connectivity index (χ0v) is 7.93. The lowest BCUT2D eigenvalue weighted by Gasteiger charge is -2.02. The summed E-state index contributed by atoms with van der Waals surface area (Å²) < 4.78 is 9.96. The third-order valence-corrected chi connectivity index (χ3v) is 2.26. The van der Waals surface area contributed by atoms with Crippen molar-refractivity contribution in [3.63, 3.8) is 0 Å². The van der Waals surface area contributed by atoms with Gasteiger partial charge in [0.05, 0.1) is 20.0 Å². The van der Waals surface area contributed by atoms with E-state index in [1.807, 2.05) is 24.3 Å². The van der Waals surface area contributed by atoms with Gasteiger partial charge in [-0.3, -0.25) is 0 Å². The quantitative estimate of drug-likeness (QED) is 0.545. The molecule has 0 radical (unpaired) electrons. The largest absolute Gasteiger partial charge is 0.504 e. The van der Waals surface area contributed by atoms with Crippen molar-refractivity contribution in [2.45, 2.75) is 6.61 Å². The van der Waals surface area contributed by atoms with E-state index in [0.29, 0.717) is 6.61 Å². The second-order valence-electron chi connectivity index (χ2n) is 3.12. The van der Waals surface area contributed by atoms with Crippen LogP contribution in [0.2, 0.25) is 0 Å². The topological polar surface area (TPSA) is 38.7 Å². The van der Waals surface area contributed by atoms with Gasteiger partial charge in [0.15, 0.2) is 0 Å². The Kier molecular flexibility index (Phi) is 2.57. The third-order valence-electron chi connectivity index (χ3n) is 2.26. The summed E-state index contributed by atoms with van der Waals surface area (Å²) in [5.74, 6) is 0. The standard InChI is InChI=1S/C10H11BO3/c1-13-6-5-8-3-2-4-9-7-14-11(12)10(8)9/h2-6,12H,7H2,1H3/b6-5+. The van der Waals surface area contributed by atoms with Crippen LogP contribution in [-0.4, -0.2) is 19.3 Å². The summed E-state index contributed by atoms with van der Waals surface area (Å²) >= 11 is 0. The van der Waals surface area contributed by atoms with Crippen molar-refractivity contribution in [3.05, 3.63) is 35.6 Å². The van der Waals surface area contributed by atoms with Crippen LogP contribution >= 0.6 is 0 Å². The molecule has 1 N–H and O–H groups in total. The lowest BCUT2D eigenvalue weighted by atomic mass is 9.76. The SMILES string of the molecule is CO/C=C/c1cccc2c1B(O)OC2. The van der Waals surface area contributed by atoms with Gasteiger partial charge in [-0.2, -0.15) is 0 Å². The Balaban J connectivity index is 2.41. The number of hydrogen-bond acceptors (Lipinski definition) is 3. The predicted molar refractivity (Wildman–Crippen MR) is 54.9 cm³/mol. The number of methoxy groups -OCH3 is 1. The normalized spacial score (nSPS) is 14.9. The second kappa shape index (κ2) is 3.86. The molecule has 72 valence electrons. The number of rotatable bonds is 2. The van der Waals surface area contributed by atoms with E-state index in [0.717, 1.165) is 16.6 Å². The van der Waals surface area contributed by atoms with Crippen LogP contribution in [0.25, 0.3) is 6.08 Å². The first-order chi connectivity index (χ1) is 6.83. The van der Waals surface area contributed by atoms with Crippen molar-refractivity contribution in [1.29, 1.82) is 0 Å². The van der Waals surface area contributed by atoms with Gasteiger partial charge in [-0.05, 0) is 22.7 Å². The van der Waals surface area contributed by atoms with Gasteiger partial charge in [0.2, 0.25) is 0 Å². The first-order valence-corrected chi connectivity index (χ1v) is 4.43. The van der Waals surface area contributed by atoms with E-state index in [1.54, 1.807) is 13.4 Å². The maximum atomic E-state index is 9.56. The molecule has 0 aliphatic carbocycles. The molecule has 4 heteroatoms. The van der Waals surface area contributed by atoms with Crippen LogP contribution in [0.1, 0.15) is 11.1 Å². The van der Waals surface area contributed by atoms with Crippen molar-refractivity contribution in [3.8, 4) is 0 Å². The first kappa shape index (κ1) is 9.31. The molecule has 1 aliphatic rings. The van der Waals surface area contributed by atoms with Gasteiger partial charge in [0.1, 0.15) is 0 Å². The molecule has 0 unspecified atom stereocenters. The van der Waals surface area contributed by atoms with Crippen LogP contribution in [0, 0.1) is 0 Å². The molecule has 1 aliphatic heterocycles. The molecule has 0 bridgehead atoms. The molecule has 1 aromatic carbocycles. The van der Waals surface area contributed by atoms with E-state index in [4.69, 9.17) is 9.39 Å². The minimum absolute atomic E-state index is 0.477. The molecule has 0 atom stereocenters. The van der Waals surface area contributed by atoms with Gasteiger partial charge < -0.3 is 14.4 Å².